The number of nitrogens with two attached hydrogens (primary N) is 1. The summed E-state index contributed by atoms with van der Waals surface area (Å²) in [6, 6.07) is 5.28. The van der Waals surface area contributed by atoms with Crippen LogP contribution in [0.15, 0.2) is 18.2 Å². The third-order valence-electron chi connectivity index (χ3n) is 2.79. The summed E-state index contributed by atoms with van der Waals surface area (Å²) in [5, 5.41) is 0.904. The molecule has 17 heavy (non-hydrogen) atoms. The van der Waals surface area contributed by atoms with E-state index in [-0.39, 0.29) is 12.2 Å². The molecule has 0 aromatic heterocycles. The number of hydrogen-bond donors (Lipinski definition) is 1. The van der Waals surface area contributed by atoms with Crippen molar-refractivity contribution in [2.45, 2.75) is 38.6 Å². The first-order valence-corrected chi connectivity index (χ1v) is 6.39. The predicted molar refractivity (Wildman–Crippen MR) is 72.7 cm³/mol. The summed E-state index contributed by atoms with van der Waals surface area (Å²) in [6.45, 7) is 3.77. The van der Waals surface area contributed by atoms with Gasteiger partial charge in [-0.1, -0.05) is 48.7 Å². The Kier molecular flexibility index (Phi) is 4.99. The Bertz CT molecular complexity index is 416. The van der Waals surface area contributed by atoms with Gasteiger partial charge in [0.1, 0.15) is 0 Å². The van der Waals surface area contributed by atoms with Gasteiger partial charge in [-0.3, -0.25) is 4.79 Å². The zero-order valence-electron chi connectivity index (χ0n) is 10.1. The largest absolute Gasteiger partial charge is 0.319 e. The number of halogens is 2. The fourth-order valence-corrected chi connectivity index (χ4v) is 2.11. The quantitative estimate of drug-likeness (QED) is 0.891. The minimum atomic E-state index is -0.791. The molecule has 0 bridgehead atoms. The first kappa shape index (κ1) is 14.5. The summed E-state index contributed by atoms with van der Waals surface area (Å²) in [7, 11) is 0. The van der Waals surface area contributed by atoms with Crippen molar-refractivity contribution in [1.29, 1.82) is 0 Å². The highest BCUT2D eigenvalue weighted by atomic mass is 35.5. The predicted octanol–water partition coefficient (Wildman–Crippen LogP) is 3.62. The van der Waals surface area contributed by atoms with Gasteiger partial charge in [0.15, 0.2) is 5.78 Å². The molecule has 0 fully saturated rings. The van der Waals surface area contributed by atoms with Crippen LogP contribution in [0.4, 0.5) is 0 Å². The van der Waals surface area contributed by atoms with Gasteiger partial charge in [0, 0.05) is 6.42 Å². The van der Waals surface area contributed by atoms with Crippen LogP contribution < -0.4 is 5.73 Å². The summed E-state index contributed by atoms with van der Waals surface area (Å²) in [5.74, 6) is -0.0106. The van der Waals surface area contributed by atoms with Crippen LogP contribution in [0.2, 0.25) is 10.0 Å². The van der Waals surface area contributed by atoms with Crippen LogP contribution in [0.3, 0.4) is 0 Å². The first-order chi connectivity index (χ1) is 7.88. The summed E-state index contributed by atoms with van der Waals surface area (Å²) in [4.78, 5) is 12.1. The molecule has 0 radical (unpaired) electrons. The first-order valence-electron chi connectivity index (χ1n) is 5.63. The van der Waals surface area contributed by atoms with E-state index >= 15 is 0 Å². The number of benzene rings is 1. The van der Waals surface area contributed by atoms with Gasteiger partial charge in [-0.25, -0.2) is 0 Å². The third-order valence-corrected chi connectivity index (χ3v) is 3.65. The average Bonchev–Trinajstić information content (AvgIpc) is 2.24. The fourth-order valence-electron chi connectivity index (χ4n) is 1.72. The second-order valence-electron chi connectivity index (χ2n) is 4.48. The van der Waals surface area contributed by atoms with Crippen molar-refractivity contribution in [1.82, 2.24) is 0 Å². The Balaban J connectivity index is 2.85. The van der Waals surface area contributed by atoms with E-state index in [4.69, 9.17) is 28.9 Å². The van der Waals surface area contributed by atoms with Gasteiger partial charge in [-0.05, 0) is 25.0 Å². The van der Waals surface area contributed by atoms with Crippen molar-refractivity contribution in [3.8, 4) is 0 Å². The molecule has 0 aliphatic carbocycles. The van der Waals surface area contributed by atoms with Crippen LogP contribution in [0.1, 0.15) is 32.3 Å². The molecular formula is C13H17Cl2NO. The molecule has 1 aromatic rings. The molecule has 0 amide bonds. The summed E-state index contributed by atoms with van der Waals surface area (Å²) in [6.07, 6.45) is 1.78. The van der Waals surface area contributed by atoms with Crippen LogP contribution in [-0.4, -0.2) is 11.3 Å². The second-order valence-corrected chi connectivity index (χ2v) is 5.27. The van der Waals surface area contributed by atoms with Crippen LogP contribution in [0, 0.1) is 0 Å². The maximum absolute atomic E-state index is 12.1. The fraction of sp³-hybridized carbons (Fsp3) is 0.462. The van der Waals surface area contributed by atoms with E-state index in [1.54, 1.807) is 25.1 Å². The van der Waals surface area contributed by atoms with E-state index in [0.717, 1.165) is 12.0 Å². The van der Waals surface area contributed by atoms with Crippen molar-refractivity contribution < 1.29 is 4.79 Å². The number of rotatable bonds is 5. The molecule has 94 valence electrons. The van der Waals surface area contributed by atoms with Crippen molar-refractivity contribution in [2.75, 3.05) is 0 Å². The molecular weight excluding hydrogens is 257 g/mol. The third kappa shape index (κ3) is 3.70. The van der Waals surface area contributed by atoms with Gasteiger partial charge in [-0.2, -0.15) is 0 Å². The zero-order valence-corrected chi connectivity index (χ0v) is 11.6. The van der Waals surface area contributed by atoms with E-state index < -0.39 is 5.54 Å². The minimum absolute atomic E-state index is 0.0106. The molecule has 0 aliphatic heterocycles. The minimum Gasteiger partial charge on any atom is -0.319 e. The lowest BCUT2D eigenvalue weighted by atomic mass is 9.88. The van der Waals surface area contributed by atoms with Crippen LogP contribution >= 0.6 is 23.2 Å². The highest BCUT2D eigenvalue weighted by Gasteiger charge is 2.27. The molecule has 0 saturated carbocycles. The lowest BCUT2D eigenvalue weighted by molar-refractivity contribution is -0.123. The van der Waals surface area contributed by atoms with E-state index in [9.17, 15) is 4.79 Å². The van der Waals surface area contributed by atoms with E-state index in [1.807, 2.05) is 6.92 Å². The van der Waals surface area contributed by atoms with Crippen LogP contribution in [0.5, 0.6) is 0 Å². The molecule has 1 unspecified atom stereocenters. The Morgan fingerprint density at radius 3 is 2.65 bits per heavy atom. The van der Waals surface area contributed by atoms with Crippen molar-refractivity contribution >= 4 is 29.0 Å². The standard InChI is InChI=1S/C13H17Cl2NO/c1-3-7-13(2,16)11(17)8-9-5-4-6-10(14)12(9)15/h4-6H,3,7-8,16H2,1-2H3. The Labute approximate surface area is 112 Å². The van der Waals surface area contributed by atoms with E-state index in [2.05, 4.69) is 0 Å². The van der Waals surface area contributed by atoms with Crippen LogP contribution in [0.25, 0.3) is 0 Å². The lowest BCUT2D eigenvalue weighted by Gasteiger charge is -2.22. The highest BCUT2D eigenvalue weighted by Crippen LogP contribution is 2.27. The summed E-state index contributed by atoms with van der Waals surface area (Å²) < 4.78 is 0. The molecule has 4 heteroatoms. The smallest absolute Gasteiger partial charge is 0.156 e. The zero-order chi connectivity index (χ0) is 13.1. The number of ketones is 1. The van der Waals surface area contributed by atoms with Gasteiger partial charge in [-0.15, -0.1) is 0 Å². The Morgan fingerprint density at radius 1 is 1.41 bits per heavy atom. The van der Waals surface area contributed by atoms with E-state index in [1.165, 1.54) is 0 Å². The topological polar surface area (TPSA) is 43.1 Å². The molecule has 2 nitrogen and oxygen atoms in total. The molecule has 1 rings (SSSR count). The number of hydrogen-bond acceptors (Lipinski definition) is 2. The molecule has 0 aliphatic rings. The van der Waals surface area contributed by atoms with Crippen molar-refractivity contribution in [3.63, 3.8) is 0 Å². The Morgan fingerprint density at radius 2 is 2.06 bits per heavy atom. The number of carbonyl (C=O) groups excluding carboxylic acids is 1. The molecule has 0 heterocycles. The van der Waals surface area contributed by atoms with Crippen molar-refractivity contribution in [3.05, 3.63) is 33.8 Å². The maximum Gasteiger partial charge on any atom is 0.156 e. The molecule has 2 N–H and O–H groups in total. The monoisotopic (exact) mass is 273 g/mol. The SMILES string of the molecule is CCCC(C)(N)C(=O)Cc1cccc(Cl)c1Cl. The molecule has 0 saturated heterocycles. The summed E-state index contributed by atoms with van der Waals surface area (Å²) in [5.41, 5.74) is 5.92. The normalized spacial score (nSPS) is 14.4. The lowest BCUT2D eigenvalue weighted by Crippen LogP contribution is -2.45. The van der Waals surface area contributed by atoms with Gasteiger partial charge < -0.3 is 5.73 Å². The number of carbonyl (C=O) groups is 1. The highest BCUT2D eigenvalue weighted by molar-refractivity contribution is 6.42. The van der Waals surface area contributed by atoms with Crippen molar-refractivity contribution in [2.24, 2.45) is 5.73 Å². The van der Waals surface area contributed by atoms with Gasteiger partial charge in [0.25, 0.3) is 0 Å². The molecule has 1 atom stereocenters. The van der Waals surface area contributed by atoms with E-state index in [0.29, 0.717) is 16.5 Å². The van der Waals surface area contributed by atoms with Crippen LogP contribution in [-0.2, 0) is 11.2 Å². The van der Waals surface area contributed by atoms with Gasteiger partial charge in [0.2, 0.25) is 0 Å². The second kappa shape index (κ2) is 5.85. The maximum atomic E-state index is 12.1. The van der Waals surface area contributed by atoms with Gasteiger partial charge >= 0.3 is 0 Å². The molecule has 0 spiro atoms. The molecule has 1 aromatic carbocycles. The van der Waals surface area contributed by atoms with Gasteiger partial charge in [0.05, 0.1) is 15.6 Å². The number of Topliss-reactive ketones (excluding diaryl/α,β-unsaturated/α-hetero) is 1. The average molecular weight is 274 g/mol. The Hall–Kier alpha value is -0.570. The summed E-state index contributed by atoms with van der Waals surface area (Å²) >= 11 is 11.9.